The number of cyclic esters (lactones) is 2. The fourth-order valence-corrected chi connectivity index (χ4v) is 1.90. The Morgan fingerprint density at radius 2 is 1.62 bits per heavy atom. The molecule has 1 heterocycles. The highest BCUT2D eigenvalue weighted by Crippen LogP contribution is 2.37. The Kier molecular flexibility index (Phi) is 4.25. The van der Waals surface area contributed by atoms with Crippen LogP contribution in [0, 0.1) is 11.6 Å². The van der Waals surface area contributed by atoms with Crippen molar-refractivity contribution < 1.29 is 41.0 Å². The Hall–Kier alpha value is -2.65. The van der Waals surface area contributed by atoms with Gasteiger partial charge in [0.05, 0.1) is 5.69 Å². The third-order valence-electron chi connectivity index (χ3n) is 2.83. The topological polar surface area (TPSA) is 64.6 Å². The molecule has 0 aliphatic carbocycles. The maximum atomic E-state index is 13.4. The molecule has 0 unspecified atom stereocenters. The predicted molar refractivity (Wildman–Crippen MR) is 69.3 cm³/mol. The Balaban J connectivity index is 2.39. The average Bonchev–Trinajstić information content (AvgIpc) is 2.33. The maximum Gasteiger partial charge on any atom is 0.421 e. The highest BCUT2D eigenvalue weighted by atomic mass is 19.4. The second kappa shape index (κ2) is 5.77. The highest BCUT2D eigenvalue weighted by Gasteiger charge is 2.40. The van der Waals surface area contributed by atoms with Gasteiger partial charge in [-0.15, -0.1) is 0 Å². The summed E-state index contributed by atoms with van der Waals surface area (Å²) in [5.41, 5.74) is -3.55. The molecule has 0 bridgehead atoms. The van der Waals surface area contributed by atoms with E-state index in [1.165, 1.54) is 13.8 Å². The van der Waals surface area contributed by atoms with Gasteiger partial charge in [0, 0.05) is 26.1 Å². The van der Waals surface area contributed by atoms with E-state index in [2.05, 4.69) is 0 Å². The molecule has 1 fully saturated rings. The number of nitrogens with one attached hydrogen (secondary N) is 1. The molecule has 130 valence electrons. The molecule has 1 N–H and O–H groups in total. The van der Waals surface area contributed by atoms with E-state index in [9.17, 15) is 31.5 Å². The van der Waals surface area contributed by atoms with Crippen molar-refractivity contribution in [3.63, 3.8) is 0 Å². The van der Waals surface area contributed by atoms with Crippen LogP contribution in [0.1, 0.15) is 19.4 Å². The third-order valence-corrected chi connectivity index (χ3v) is 2.83. The van der Waals surface area contributed by atoms with Gasteiger partial charge in [-0.05, 0) is 6.07 Å². The van der Waals surface area contributed by atoms with Crippen LogP contribution in [0.4, 0.5) is 27.6 Å². The van der Waals surface area contributed by atoms with Crippen molar-refractivity contribution >= 4 is 17.6 Å². The van der Waals surface area contributed by atoms with Gasteiger partial charge in [0.2, 0.25) is 0 Å². The number of alkyl halides is 3. The molecular formula is C14H10F5NO4. The molecule has 5 nitrogen and oxygen atoms in total. The molecule has 2 rings (SSSR count). The van der Waals surface area contributed by atoms with Gasteiger partial charge in [-0.25, -0.2) is 18.4 Å². The summed E-state index contributed by atoms with van der Waals surface area (Å²) < 4.78 is 74.6. The smallest absolute Gasteiger partial charge is 0.419 e. The van der Waals surface area contributed by atoms with Crippen LogP contribution >= 0.6 is 0 Å². The fourth-order valence-electron chi connectivity index (χ4n) is 1.90. The van der Waals surface area contributed by atoms with E-state index in [1.807, 2.05) is 5.32 Å². The quantitative estimate of drug-likeness (QED) is 0.384. The van der Waals surface area contributed by atoms with Gasteiger partial charge in [0.15, 0.2) is 5.57 Å². The van der Waals surface area contributed by atoms with Gasteiger partial charge in [0.25, 0.3) is 5.79 Å². The molecule has 0 atom stereocenters. The van der Waals surface area contributed by atoms with E-state index in [1.54, 1.807) is 0 Å². The monoisotopic (exact) mass is 351 g/mol. The standard InChI is InChI=1S/C14H10F5NO4/c1-13(2)23-11(21)7(12(22)24-13)5-20-9-4-6(15)3-8(16)10(9)14(17,18)19/h3-5,20H,1-2H3. The second-order valence-electron chi connectivity index (χ2n) is 5.19. The lowest BCUT2D eigenvalue weighted by atomic mass is 10.1. The lowest BCUT2D eigenvalue weighted by Gasteiger charge is -2.29. The van der Waals surface area contributed by atoms with Crippen LogP contribution in [-0.4, -0.2) is 17.7 Å². The SMILES string of the molecule is CC1(C)OC(=O)C(=CNc2cc(F)cc(F)c2C(F)(F)F)C(=O)O1. The van der Waals surface area contributed by atoms with E-state index in [4.69, 9.17) is 9.47 Å². The van der Waals surface area contributed by atoms with E-state index in [0.29, 0.717) is 12.3 Å². The number of carbonyl (C=O) groups is 2. The highest BCUT2D eigenvalue weighted by molar-refractivity contribution is 6.15. The first-order chi connectivity index (χ1) is 10.9. The number of ether oxygens (including phenoxy) is 2. The minimum Gasteiger partial charge on any atom is -0.419 e. The zero-order valence-corrected chi connectivity index (χ0v) is 12.3. The van der Waals surface area contributed by atoms with E-state index < -0.39 is 52.4 Å². The normalized spacial score (nSPS) is 17.2. The molecule has 0 amide bonds. The lowest BCUT2D eigenvalue weighted by Crippen LogP contribution is -2.42. The predicted octanol–water partition coefficient (Wildman–Crippen LogP) is 3.12. The molecule has 10 heteroatoms. The van der Waals surface area contributed by atoms with Crippen molar-refractivity contribution in [3.05, 3.63) is 41.1 Å². The minimum absolute atomic E-state index is 0.0623. The molecule has 1 aliphatic rings. The van der Waals surface area contributed by atoms with Crippen LogP contribution in [0.3, 0.4) is 0 Å². The van der Waals surface area contributed by atoms with E-state index >= 15 is 0 Å². The number of carbonyl (C=O) groups excluding carboxylic acids is 2. The van der Waals surface area contributed by atoms with Crippen molar-refractivity contribution in [1.82, 2.24) is 0 Å². The van der Waals surface area contributed by atoms with Gasteiger partial charge in [-0.2, -0.15) is 13.2 Å². The second-order valence-corrected chi connectivity index (χ2v) is 5.19. The van der Waals surface area contributed by atoms with Gasteiger partial charge >= 0.3 is 18.1 Å². The first-order valence-corrected chi connectivity index (χ1v) is 6.40. The average molecular weight is 351 g/mol. The van der Waals surface area contributed by atoms with E-state index in [0.717, 1.165) is 0 Å². The summed E-state index contributed by atoms with van der Waals surface area (Å²) >= 11 is 0. The number of halogens is 5. The Morgan fingerprint density at radius 3 is 2.12 bits per heavy atom. The first kappa shape index (κ1) is 17.7. The molecule has 24 heavy (non-hydrogen) atoms. The number of rotatable bonds is 2. The molecular weight excluding hydrogens is 341 g/mol. The van der Waals surface area contributed by atoms with Crippen molar-refractivity contribution in [2.45, 2.75) is 25.8 Å². The van der Waals surface area contributed by atoms with Crippen LogP contribution in [0.2, 0.25) is 0 Å². The fraction of sp³-hybridized carbons (Fsp3) is 0.286. The van der Waals surface area contributed by atoms with Crippen LogP contribution in [0.15, 0.2) is 23.9 Å². The summed E-state index contributed by atoms with van der Waals surface area (Å²) in [4.78, 5) is 23.3. The van der Waals surface area contributed by atoms with Crippen LogP contribution in [-0.2, 0) is 25.2 Å². The summed E-state index contributed by atoms with van der Waals surface area (Å²) in [7, 11) is 0. The van der Waals surface area contributed by atoms with Crippen molar-refractivity contribution in [2.24, 2.45) is 0 Å². The van der Waals surface area contributed by atoms with Crippen LogP contribution < -0.4 is 5.32 Å². The molecule has 0 saturated carbocycles. The van der Waals surface area contributed by atoms with E-state index in [-0.39, 0.29) is 6.07 Å². The molecule has 1 aromatic rings. The van der Waals surface area contributed by atoms with Gasteiger partial charge in [-0.1, -0.05) is 0 Å². The molecule has 0 spiro atoms. The summed E-state index contributed by atoms with van der Waals surface area (Å²) in [6.07, 6.45) is -4.60. The number of hydrogen-bond donors (Lipinski definition) is 1. The largest absolute Gasteiger partial charge is 0.421 e. The Bertz CT molecular complexity index is 717. The Morgan fingerprint density at radius 1 is 1.08 bits per heavy atom. The van der Waals surface area contributed by atoms with Crippen LogP contribution in [0.25, 0.3) is 0 Å². The third kappa shape index (κ3) is 3.63. The summed E-state index contributed by atoms with van der Waals surface area (Å²) in [5.74, 6) is -6.98. The number of esters is 2. The molecule has 0 radical (unpaired) electrons. The minimum atomic E-state index is -5.13. The lowest BCUT2D eigenvalue weighted by molar-refractivity contribution is -0.222. The van der Waals surface area contributed by atoms with Crippen molar-refractivity contribution in [1.29, 1.82) is 0 Å². The summed E-state index contributed by atoms with van der Waals surface area (Å²) in [6, 6.07) is 0.430. The van der Waals surface area contributed by atoms with Gasteiger partial charge in [-0.3, -0.25) is 0 Å². The number of benzene rings is 1. The first-order valence-electron chi connectivity index (χ1n) is 6.40. The van der Waals surface area contributed by atoms with Gasteiger partial charge in [0.1, 0.15) is 17.2 Å². The molecule has 0 aromatic heterocycles. The maximum absolute atomic E-state index is 13.4. The zero-order chi connectivity index (χ0) is 18.3. The number of anilines is 1. The van der Waals surface area contributed by atoms with Crippen molar-refractivity contribution in [3.8, 4) is 0 Å². The van der Waals surface area contributed by atoms with Crippen LogP contribution in [0.5, 0.6) is 0 Å². The summed E-state index contributed by atoms with van der Waals surface area (Å²) in [5, 5.41) is 1.90. The van der Waals surface area contributed by atoms with Gasteiger partial charge < -0.3 is 14.8 Å². The molecule has 1 aromatic carbocycles. The molecule has 1 saturated heterocycles. The number of hydrogen-bond acceptors (Lipinski definition) is 5. The molecule has 1 aliphatic heterocycles. The summed E-state index contributed by atoms with van der Waals surface area (Å²) in [6.45, 7) is 2.55. The Labute approximate surface area is 132 Å². The zero-order valence-electron chi connectivity index (χ0n) is 12.3. The van der Waals surface area contributed by atoms with Crippen molar-refractivity contribution in [2.75, 3.05) is 5.32 Å².